The molecule has 1 rings (SSSR count). The number of rotatable bonds is 7. The van der Waals surface area contributed by atoms with Crippen molar-refractivity contribution in [1.82, 2.24) is 0 Å². The summed E-state index contributed by atoms with van der Waals surface area (Å²) in [6.07, 6.45) is 0.372. The lowest BCUT2D eigenvalue weighted by molar-refractivity contribution is -0.156. The number of carboxylic acids is 1. The van der Waals surface area contributed by atoms with Crippen LogP contribution < -0.4 is 0 Å². The van der Waals surface area contributed by atoms with Crippen molar-refractivity contribution in [3.63, 3.8) is 0 Å². The highest BCUT2D eigenvalue weighted by Gasteiger charge is 2.36. The number of hydrogen-bond acceptors (Lipinski definition) is 3. The van der Waals surface area contributed by atoms with Gasteiger partial charge in [-0.15, -0.1) is 0 Å². The Labute approximate surface area is 107 Å². The molecule has 0 aliphatic rings. The highest BCUT2D eigenvalue weighted by atomic mass is 16.5. The van der Waals surface area contributed by atoms with Crippen LogP contribution in [0.15, 0.2) is 30.3 Å². The maximum Gasteiger partial charge on any atom is 0.309 e. The molecule has 2 N–H and O–H groups in total. The molecule has 18 heavy (non-hydrogen) atoms. The van der Waals surface area contributed by atoms with Crippen LogP contribution >= 0.6 is 0 Å². The lowest BCUT2D eigenvalue weighted by Crippen LogP contribution is -2.43. The molecule has 0 aromatic heterocycles. The molecule has 0 saturated carbocycles. The molecule has 4 nitrogen and oxygen atoms in total. The lowest BCUT2D eigenvalue weighted by atomic mass is 9.88. The molecule has 0 spiro atoms. The average Bonchev–Trinajstić information content (AvgIpc) is 2.30. The minimum absolute atomic E-state index is 0.00665. The number of aliphatic carboxylic acids is 1. The predicted molar refractivity (Wildman–Crippen MR) is 68.1 cm³/mol. The predicted octanol–water partition coefficient (Wildman–Crippen LogP) is 2.06. The zero-order valence-electron chi connectivity index (χ0n) is 10.8. The largest absolute Gasteiger partial charge is 0.481 e. The van der Waals surface area contributed by atoms with Crippen molar-refractivity contribution < 1.29 is 19.7 Å². The van der Waals surface area contributed by atoms with Crippen LogP contribution in [0.2, 0.25) is 0 Å². The van der Waals surface area contributed by atoms with Gasteiger partial charge in [-0.1, -0.05) is 37.3 Å². The molecule has 0 amide bonds. The minimum atomic E-state index is -1.35. The van der Waals surface area contributed by atoms with Crippen molar-refractivity contribution in [2.45, 2.75) is 32.5 Å². The van der Waals surface area contributed by atoms with Crippen LogP contribution in [0.25, 0.3) is 0 Å². The van der Waals surface area contributed by atoms with Gasteiger partial charge in [0, 0.05) is 0 Å². The standard InChI is InChI=1S/C14H20O4/c1-3-12(13(15)16)14(2,17)10-18-9-11-7-5-4-6-8-11/h4-8,12,17H,3,9-10H2,1-2H3,(H,15,16). The summed E-state index contributed by atoms with van der Waals surface area (Å²) in [6, 6.07) is 9.56. The van der Waals surface area contributed by atoms with Gasteiger partial charge in [0.25, 0.3) is 0 Å². The minimum Gasteiger partial charge on any atom is -0.481 e. The molecular weight excluding hydrogens is 232 g/mol. The third kappa shape index (κ3) is 4.13. The molecule has 0 radical (unpaired) electrons. The Morgan fingerprint density at radius 3 is 2.50 bits per heavy atom. The van der Waals surface area contributed by atoms with Crippen molar-refractivity contribution in [1.29, 1.82) is 0 Å². The second-order valence-electron chi connectivity index (χ2n) is 4.63. The van der Waals surface area contributed by atoms with Crippen LogP contribution in [-0.2, 0) is 16.1 Å². The molecule has 1 aromatic carbocycles. The maximum atomic E-state index is 11.0. The van der Waals surface area contributed by atoms with Gasteiger partial charge in [-0.25, -0.2) is 0 Å². The summed E-state index contributed by atoms with van der Waals surface area (Å²) in [5, 5.41) is 19.1. The van der Waals surface area contributed by atoms with E-state index in [1.807, 2.05) is 30.3 Å². The normalized spacial score (nSPS) is 15.9. The summed E-state index contributed by atoms with van der Waals surface area (Å²) in [6.45, 7) is 3.62. The summed E-state index contributed by atoms with van der Waals surface area (Å²) in [7, 11) is 0. The van der Waals surface area contributed by atoms with Gasteiger partial charge in [-0.2, -0.15) is 0 Å². The van der Waals surface area contributed by atoms with Gasteiger partial charge in [-0.3, -0.25) is 4.79 Å². The summed E-state index contributed by atoms with van der Waals surface area (Å²) < 4.78 is 5.40. The van der Waals surface area contributed by atoms with Gasteiger partial charge in [0.05, 0.1) is 24.7 Å². The Balaban J connectivity index is 2.49. The number of benzene rings is 1. The average molecular weight is 252 g/mol. The molecule has 0 aliphatic carbocycles. The van der Waals surface area contributed by atoms with Gasteiger partial charge in [0.2, 0.25) is 0 Å². The van der Waals surface area contributed by atoms with E-state index in [0.717, 1.165) is 5.56 Å². The molecule has 100 valence electrons. The Bertz CT molecular complexity index is 373. The molecule has 1 aromatic rings. The number of hydrogen-bond donors (Lipinski definition) is 2. The van der Waals surface area contributed by atoms with E-state index in [9.17, 15) is 9.90 Å². The van der Waals surface area contributed by atoms with E-state index in [0.29, 0.717) is 13.0 Å². The molecule has 0 aliphatic heterocycles. The third-order valence-electron chi connectivity index (χ3n) is 2.96. The Morgan fingerprint density at radius 2 is 2.00 bits per heavy atom. The zero-order chi connectivity index (χ0) is 13.6. The quantitative estimate of drug-likeness (QED) is 0.779. The molecule has 2 unspecified atom stereocenters. The first-order valence-corrected chi connectivity index (χ1v) is 6.04. The van der Waals surface area contributed by atoms with Gasteiger partial charge < -0.3 is 14.9 Å². The first-order valence-electron chi connectivity index (χ1n) is 6.04. The fourth-order valence-corrected chi connectivity index (χ4v) is 1.93. The molecule has 0 saturated heterocycles. The van der Waals surface area contributed by atoms with E-state index in [4.69, 9.17) is 9.84 Å². The molecule has 0 fully saturated rings. The van der Waals surface area contributed by atoms with Crippen molar-refractivity contribution >= 4 is 5.97 Å². The first-order chi connectivity index (χ1) is 8.47. The van der Waals surface area contributed by atoms with Gasteiger partial charge in [0.1, 0.15) is 0 Å². The summed E-state index contributed by atoms with van der Waals surface area (Å²) in [5.41, 5.74) is -0.355. The highest BCUT2D eigenvalue weighted by molar-refractivity contribution is 5.71. The summed E-state index contributed by atoms with van der Waals surface area (Å²) in [5.74, 6) is -1.81. The zero-order valence-corrected chi connectivity index (χ0v) is 10.8. The number of carbonyl (C=O) groups is 1. The van der Waals surface area contributed by atoms with Gasteiger partial charge in [0.15, 0.2) is 0 Å². The van der Waals surface area contributed by atoms with E-state index in [2.05, 4.69) is 0 Å². The van der Waals surface area contributed by atoms with E-state index in [1.165, 1.54) is 6.92 Å². The van der Waals surface area contributed by atoms with Crippen LogP contribution in [0.3, 0.4) is 0 Å². The second-order valence-corrected chi connectivity index (χ2v) is 4.63. The van der Waals surface area contributed by atoms with E-state index in [-0.39, 0.29) is 6.61 Å². The lowest BCUT2D eigenvalue weighted by Gasteiger charge is -2.29. The fraction of sp³-hybridized carbons (Fsp3) is 0.500. The number of aliphatic hydroxyl groups is 1. The van der Waals surface area contributed by atoms with Gasteiger partial charge in [-0.05, 0) is 18.9 Å². The Kier molecular flexibility index (Phi) is 5.31. The summed E-state index contributed by atoms with van der Waals surface area (Å²) >= 11 is 0. The third-order valence-corrected chi connectivity index (χ3v) is 2.96. The van der Waals surface area contributed by atoms with Crippen LogP contribution in [0.4, 0.5) is 0 Å². The van der Waals surface area contributed by atoms with E-state index >= 15 is 0 Å². The molecule has 2 atom stereocenters. The monoisotopic (exact) mass is 252 g/mol. The summed E-state index contributed by atoms with van der Waals surface area (Å²) in [4.78, 5) is 11.0. The SMILES string of the molecule is CCC(C(=O)O)C(C)(O)COCc1ccccc1. The number of carboxylic acid groups (broad SMARTS) is 1. The Hall–Kier alpha value is -1.39. The number of ether oxygens (including phenoxy) is 1. The van der Waals surface area contributed by atoms with Crippen LogP contribution in [0.1, 0.15) is 25.8 Å². The van der Waals surface area contributed by atoms with Crippen LogP contribution in [0, 0.1) is 5.92 Å². The molecule has 4 heteroatoms. The first kappa shape index (κ1) is 14.7. The fourth-order valence-electron chi connectivity index (χ4n) is 1.93. The van der Waals surface area contributed by atoms with Crippen molar-refractivity contribution in [2.24, 2.45) is 5.92 Å². The van der Waals surface area contributed by atoms with Crippen molar-refractivity contribution in [3.8, 4) is 0 Å². The highest BCUT2D eigenvalue weighted by Crippen LogP contribution is 2.21. The van der Waals surface area contributed by atoms with Crippen LogP contribution in [0.5, 0.6) is 0 Å². The molecular formula is C14H20O4. The van der Waals surface area contributed by atoms with Crippen LogP contribution in [-0.4, -0.2) is 28.4 Å². The Morgan fingerprint density at radius 1 is 1.39 bits per heavy atom. The van der Waals surface area contributed by atoms with Crippen molar-refractivity contribution in [2.75, 3.05) is 6.61 Å². The molecule has 0 heterocycles. The topological polar surface area (TPSA) is 66.8 Å². The van der Waals surface area contributed by atoms with E-state index in [1.54, 1.807) is 6.92 Å². The smallest absolute Gasteiger partial charge is 0.309 e. The van der Waals surface area contributed by atoms with E-state index < -0.39 is 17.5 Å². The second kappa shape index (κ2) is 6.52. The molecule has 0 bridgehead atoms. The van der Waals surface area contributed by atoms with Gasteiger partial charge >= 0.3 is 5.97 Å². The van der Waals surface area contributed by atoms with Crippen molar-refractivity contribution in [3.05, 3.63) is 35.9 Å². The maximum absolute atomic E-state index is 11.0.